The largest absolute Gasteiger partial charge is 0.444 e. The zero-order valence-electron chi connectivity index (χ0n) is 15.3. The van der Waals surface area contributed by atoms with Gasteiger partial charge in [0.1, 0.15) is 5.60 Å². The highest BCUT2D eigenvalue weighted by Crippen LogP contribution is 2.18. The molecular weight excluding hydrogens is 328 g/mol. The molecule has 6 nitrogen and oxygen atoms in total. The molecule has 1 aromatic rings. The summed E-state index contributed by atoms with van der Waals surface area (Å²) in [6.45, 7) is 11.3. The van der Waals surface area contributed by atoms with Gasteiger partial charge in [-0.25, -0.2) is 13.2 Å². The lowest BCUT2D eigenvalue weighted by atomic mass is 10.0. The number of amides is 1. The van der Waals surface area contributed by atoms with Gasteiger partial charge in [-0.3, -0.25) is 4.98 Å². The Bertz CT molecular complexity index is 653. The predicted molar refractivity (Wildman–Crippen MR) is 94.3 cm³/mol. The van der Waals surface area contributed by atoms with Crippen molar-refractivity contribution in [3.8, 4) is 0 Å². The molecule has 0 aliphatic heterocycles. The van der Waals surface area contributed by atoms with Crippen LogP contribution in [0.4, 0.5) is 4.79 Å². The first-order valence-electron chi connectivity index (χ1n) is 7.87. The molecule has 0 bridgehead atoms. The fourth-order valence-corrected chi connectivity index (χ4v) is 4.11. The van der Waals surface area contributed by atoms with Gasteiger partial charge < -0.3 is 10.1 Å². The maximum atomic E-state index is 12.1. The standard InChI is InChI=1S/C17H28N2O4S/c1-16(2,3)12-24(21,22)11-14-8-7-13(9-18-14)10-19-15(20)23-17(4,5)6/h7-9H,10-12H2,1-6H3,(H,19,20). The third-order valence-electron chi connectivity index (χ3n) is 2.74. The van der Waals surface area contributed by atoms with Crippen LogP contribution in [0.15, 0.2) is 18.3 Å². The maximum Gasteiger partial charge on any atom is 0.407 e. The first-order chi connectivity index (χ1) is 10.8. The lowest BCUT2D eigenvalue weighted by Crippen LogP contribution is -2.32. The molecule has 1 heterocycles. The summed E-state index contributed by atoms with van der Waals surface area (Å²) in [5.41, 5.74) is 0.446. The molecule has 0 aliphatic rings. The first-order valence-corrected chi connectivity index (χ1v) is 9.69. The van der Waals surface area contributed by atoms with Gasteiger partial charge in [-0.1, -0.05) is 26.8 Å². The second kappa shape index (κ2) is 7.51. The molecule has 136 valence electrons. The number of sulfone groups is 1. The highest BCUT2D eigenvalue weighted by atomic mass is 32.2. The number of carbonyl (C=O) groups excluding carboxylic acids is 1. The quantitative estimate of drug-likeness (QED) is 0.876. The van der Waals surface area contributed by atoms with Crippen LogP contribution in [0.25, 0.3) is 0 Å². The summed E-state index contributed by atoms with van der Waals surface area (Å²) in [6.07, 6.45) is 1.07. The fraction of sp³-hybridized carbons (Fsp3) is 0.647. The smallest absolute Gasteiger partial charge is 0.407 e. The highest BCUT2D eigenvalue weighted by Gasteiger charge is 2.22. The van der Waals surface area contributed by atoms with E-state index in [0.717, 1.165) is 5.56 Å². The molecule has 0 saturated carbocycles. The Morgan fingerprint density at radius 2 is 1.79 bits per heavy atom. The van der Waals surface area contributed by atoms with E-state index in [2.05, 4.69) is 10.3 Å². The fourth-order valence-electron chi connectivity index (χ4n) is 2.07. The number of pyridine rings is 1. The number of hydrogen-bond acceptors (Lipinski definition) is 5. The Morgan fingerprint density at radius 3 is 2.25 bits per heavy atom. The summed E-state index contributed by atoms with van der Waals surface area (Å²) in [4.78, 5) is 15.8. The van der Waals surface area contributed by atoms with Gasteiger partial charge in [0.05, 0.1) is 17.2 Å². The molecule has 0 aromatic carbocycles. The van der Waals surface area contributed by atoms with Crippen LogP contribution >= 0.6 is 0 Å². The Hall–Kier alpha value is -1.63. The summed E-state index contributed by atoms with van der Waals surface area (Å²) >= 11 is 0. The lowest BCUT2D eigenvalue weighted by Gasteiger charge is -2.19. The van der Waals surface area contributed by atoms with Crippen LogP contribution in [0.2, 0.25) is 0 Å². The van der Waals surface area contributed by atoms with E-state index < -0.39 is 21.5 Å². The lowest BCUT2D eigenvalue weighted by molar-refractivity contribution is 0.0523. The van der Waals surface area contributed by atoms with E-state index in [1.807, 2.05) is 20.8 Å². The van der Waals surface area contributed by atoms with E-state index >= 15 is 0 Å². The van der Waals surface area contributed by atoms with Gasteiger partial charge in [0.15, 0.2) is 9.84 Å². The molecule has 0 radical (unpaired) electrons. The number of alkyl carbamates (subject to hydrolysis) is 1. The van der Waals surface area contributed by atoms with Crippen LogP contribution < -0.4 is 5.32 Å². The molecule has 0 saturated heterocycles. The van der Waals surface area contributed by atoms with Crippen molar-refractivity contribution in [3.63, 3.8) is 0 Å². The molecule has 0 fully saturated rings. The molecule has 0 unspecified atom stereocenters. The minimum atomic E-state index is -3.20. The summed E-state index contributed by atoms with van der Waals surface area (Å²) in [6, 6.07) is 3.43. The third kappa shape index (κ3) is 8.86. The average molecular weight is 356 g/mol. The topological polar surface area (TPSA) is 85.4 Å². The zero-order valence-corrected chi connectivity index (χ0v) is 16.2. The van der Waals surface area contributed by atoms with E-state index in [4.69, 9.17) is 4.74 Å². The number of carbonyl (C=O) groups is 1. The molecule has 7 heteroatoms. The normalized spacial score (nSPS) is 12.8. The minimum Gasteiger partial charge on any atom is -0.444 e. The van der Waals surface area contributed by atoms with Gasteiger partial charge in [-0.05, 0) is 37.8 Å². The van der Waals surface area contributed by atoms with Crippen molar-refractivity contribution < 1.29 is 17.9 Å². The number of nitrogens with zero attached hydrogens (tertiary/aromatic N) is 1. The van der Waals surface area contributed by atoms with E-state index in [1.54, 1.807) is 39.1 Å². The van der Waals surface area contributed by atoms with E-state index in [1.165, 1.54) is 0 Å². The van der Waals surface area contributed by atoms with Crippen LogP contribution in [0.5, 0.6) is 0 Å². The monoisotopic (exact) mass is 356 g/mol. The Balaban J connectivity index is 2.59. The minimum absolute atomic E-state index is 0.0793. The van der Waals surface area contributed by atoms with Crippen molar-refractivity contribution in [2.24, 2.45) is 5.41 Å². The van der Waals surface area contributed by atoms with Crippen molar-refractivity contribution in [2.75, 3.05) is 5.75 Å². The van der Waals surface area contributed by atoms with Gasteiger partial charge >= 0.3 is 6.09 Å². The number of aromatic nitrogens is 1. The number of ether oxygens (including phenoxy) is 1. The van der Waals surface area contributed by atoms with Gasteiger partial charge in [-0.2, -0.15) is 0 Å². The Labute approximate surface area is 144 Å². The van der Waals surface area contributed by atoms with E-state index in [-0.39, 0.29) is 23.5 Å². The molecular formula is C17H28N2O4S. The maximum absolute atomic E-state index is 12.1. The first kappa shape index (κ1) is 20.4. The molecule has 1 amide bonds. The van der Waals surface area contributed by atoms with Crippen molar-refractivity contribution in [2.45, 2.75) is 59.4 Å². The number of hydrogen-bond donors (Lipinski definition) is 1. The zero-order chi connectivity index (χ0) is 18.6. The van der Waals surface area contributed by atoms with Gasteiger partial charge in [-0.15, -0.1) is 0 Å². The van der Waals surface area contributed by atoms with Crippen LogP contribution in [0.1, 0.15) is 52.8 Å². The van der Waals surface area contributed by atoms with Crippen LogP contribution in [0.3, 0.4) is 0 Å². The van der Waals surface area contributed by atoms with Crippen LogP contribution in [-0.4, -0.2) is 30.8 Å². The van der Waals surface area contributed by atoms with Gasteiger partial charge in [0.2, 0.25) is 0 Å². The molecule has 1 rings (SSSR count). The summed E-state index contributed by atoms with van der Waals surface area (Å²) in [7, 11) is -3.20. The Kier molecular flexibility index (Phi) is 6.38. The van der Waals surface area contributed by atoms with E-state index in [9.17, 15) is 13.2 Å². The molecule has 1 N–H and O–H groups in total. The van der Waals surface area contributed by atoms with Gasteiger partial charge in [0.25, 0.3) is 0 Å². The Morgan fingerprint density at radius 1 is 1.17 bits per heavy atom. The van der Waals surface area contributed by atoms with E-state index in [0.29, 0.717) is 5.69 Å². The number of rotatable bonds is 5. The van der Waals surface area contributed by atoms with Crippen molar-refractivity contribution in [1.82, 2.24) is 10.3 Å². The number of nitrogens with one attached hydrogen (secondary N) is 1. The summed E-state index contributed by atoms with van der Waals surface area (Å²) in [5, 5.41) is 2.63. The molecule has 1 aromatic heterocycles. The second-order valence-electron chi connectivity index (χ2n) is 8.11. The second-order valence-corrected chi connectivity index (χ2v) is 10.2. The summed E-state index contributed by atoms with van der Waals surface area (Å²) in [5.74, 6) is 0.0354. The SMILES string of the molecule is CC(C)(C)CS(=O)(=O)Cc1ccc(CNC(=O)OC(C)(C)C)cn1. The molecule has 24 heavy (non-hydrogen) atoms. The van der Waals surface area contributed by atoms with Gasteiger partial charge in [0, 0.05) is 12.7 Å². The predicted octanol–water partition coefficient (Wildman–Crippen LogP) is 3.07. The molecule has 0 aliphatic carbocycles. The molecule has 0 spiro atoms. The van der Waals surface area contributed by atoms with Crippen LogP contribution in [-0.2, 0) is 26.9 Å². The molecule has 0 atom stereocenters. The van der Waals surface area contributed by atoms with Crippen LogP contribution in [0, 0.1) is 5.41 Å². The van der Waals surface area contributed by atoms with Crippen molar-refractivity contribution in [1.29, 1.82) is 0 Å². The van der Waals surface area contributed by atoms with Crippen molar-refractivity contribution >= 4 is 15.9 Å². The van der Waals surface area contributed by atoms with Crippen molar-refractivity contribution in [3.05, 3.63) is 29.6 Å². The highest BCUT2D eigenvalue weighted by molar-refractivity contribution is 7.90. The summed E-state index contributed by atoms with van der Waals surface area (Å²) < 4.78 is 29.4. The third-order valence-corrected chi connectivity index (χ3v) is 4.78. The average Bonchev–Trinajstić information content (AvgIpc) is 2.32.